The largest absolute Gasteiger partial charge is 0.497 e. The van der Waals surface area contributed by atoms with Gasteiger partial charge in [-0.15, -0.1) is 0 Å². The van der Waals surface area contributed by atoms with Crippen molar-refractivity contribution in [1.29, 1.82) is 0 Å². The van der Waals surface area contributed by atoms with E-state index >= 15 is 0 Å². The average Bonchev–Trinajstić information content (AvgIpc) is 2.47. The predicted molar refractivity (Wildman–Crippen MR) is 85.9 cm³/mol. The van der Waals surface area contributed by atoms with E-state index in [9.17, 15) is 4.79 Å². The van der Waals surface area contributed by atoms with Crippen molar-refractivity contribution in [2.45, 2.75) is 13.3 Å². The van der Waals surface area contributed by atoms with Gasteiger partial charge in [0.2, 0.25) is 0 Å². The second kappa shape index (κ2) is 6.75. The third-order valence-corrected chi connectivity index (χ3v) is 3.13. The van der Waals surface area contributed by atoms with Crippen LogP contribution in [-0.2, 0) is 0 Å². The molecule has 3 nitrogen and oxygen atoms in total. The Hall–Kier alpha value is -2.55. The van der Waals surface area contributed by atoms with Crippen molar-refractivity contribution in [2.24, 2.45) is 0 Å². The summed E-state index contributed by atoms with van der Waals surface area (Å²) in [6.45, 7) is 5.95. The van der Waals surface area contributed by atoms with Crippen LogP contribution in [0.25, 0.3) is 0 Å². The molecule has 0 aromatic heterocycles. The van der Waals surface area contributed by atoms with E-state index in [1.165, 1.54) is 0 Å². The summed E-state index contributed by atoms with van der Waals surface area (Å²) in [4.78, 5) is 12.2. The van der Waals surface area contributed by atoms with Gasteiger partial charge >= 0.3 is 0 Å². The zero-order valence-electron chi connectivity index (χ0n) is 12.3. The van der Waals surface area contributed by atoms with Crippen LogP contribution in [0.15, 0.2) is 60.8 Å². The quantitative estimate of drug-likeness (QED) is 0.806. The number of Topliss-reactive ketones (excluding diaryl/α,β-unsaturated/α-hetero) is 1. The lowest BCUT2D eigenvalue weighted by Crippen LogP contribution is -2.06. The van der Waals surface area contributed by atoms with Crippen LogP contribution >= 0.6 is 0 Å². The maximum absolute atomic E-state index is 12.2. The van der Waals surface area contributed by atoms with Crippen LogP contribution in [0.1, 0.15) is 22.3 Å². The number of carbonyl (C=O) groups is 1. The fourth-order valence-electron chi connectivity index (χ4n) is 2.04. The lowest BCUT2D eigenvalue weighted by Gasteiger charge is -2.10. The number of allylic oxidation sites excluding steroid dienone is 1. The van der Waals surface area contributed by atoms with Gasteiger partial charge in [0.15, 0.2) is 5.78 Å². The van der Waals surface area contributed by atoms with Crippen LogP contribution in [0, 0.1) is 6.92 Å². The minimum Gasteiger partial charge on any atom is -0.497 e. The highest BCUT2D eigenvalue weighted by molar-refractivity contribution is 5.97. The van der Waals surface area contributed by atoms with Gasteiger partial charge in [0.05, 0.1) is 13.5 Å². The molecule has 0 aliphatic rings. The normalized spacial score (nSPS) is 10.0. The Labute approximate surface area is 125 Å². The molecule has 1 N–H and O–H groups in total. The summed E-state index contributed by atoms with van der Waals surface area (Å²) in [7, 11) is 1.60. The molecule has 2 aromatic rings. The smallest absolute Gasteiger partial charge is 0.168 e. The van der Waals surface area contributed by atoms with Gasteiger partial charge in [0.1, 0.15) is 5.75 Å². The Morgan fingerprint density at radius 2 is 1.90 bits per heavy atom. The number of nitrogens with one attached hydrogen (secondary N) is 1. The molecule has 21 heavy (non-hydrogen) atoms. The van der Waals surface area contributed by atoms with Crippen molar-refractivity contribution < 1.29 is 9.53 Å². The van der Waals surface area contributed by atoms with Crippen LogP contribution < -0.4 is 10.1 Å². The highest BCUT2D eigenvalue weighted by atomic mass is 16.5. The molecule has 0 atom stereocenters. The van der Waals surface area contributed by atoms with Gasteiger partial charge in [0, 0.05) is 16.9 Å². The van der Waals surface area contributed by atoms with Gasteiger partial charge in [-0.3, -0.25) is 4.79 Å². The number of hydrogen-bond donors (Lipinski definition) is 1. The second-order valence-electron chi connectivity index (χ2n) is 4.93. The number of rotatable bonds is 6. The van der Waals surface area contributed by atoms with Crippen molar-refractivity contribution >= 4 is 11.5 Å². The summed E-state index contributed by atoms with van der Waals surface area (Å²) < 4.78 is 5.08. The average molecular weight is 281 g/mol. The first kappa shape index (κ1) is 14.9. The maximum Gasteiger partial charge on any atom is 0.168 e. The molecule has 0 unspecified atom stereocenters. The van der Waals surface area contributed by atoms with Gasteiger partial charge in [0.25, 0.3) is 0 Å². The molecule has 0 heterocycles. The van der Waals surface area contributed by atoms with E-state index in [4.69, 9.17) is 4.74 Å². The van der Waals surface area contributed by atoms with Crippen molar-refractivity contribution in [3.63, 3.8) is 0 Å². The van der Waals surface area contributed by atoms with E-state index in [1.807, 2.05) is 31.2 Å². The molecular weight excluding hydrogens is 262 g/mol. The zero-order valence-corrected chi connectivity index (χ0v) is 12.3. The molecule has 2 aromatic carbocycles. The monoisotopic (exact) mass is 281 g/mol. The topological polar surface area (TPSA) is 38.3 Å². The fraction of sp³-hybridized carbons (Fsp3) is 0.167. The van der Waals surface area contributed by atoms with Gasteiger partial charge in [-0.1, -0.05) is 18.7 Å². The molecular formula is C18H19NO2. The van der Waals surface area contributed by atoms with Crippen molar-refractivity contribution in [1.82, 2.24) is 0 Å². The molecule has 0 radical (unpaired) electrons. The first-order valence-corrected chi connectivity index (χ1v) is 6.77. The molecule has 0 aliphatic heterocycles. The highest BCUT2D eigenvalue weighted by Crippen LogP contribution is 2.16. The summed E-state index contributed by atoms with van der Waals surface area (Å²) >= 11 is 0. The minimum atomic E-state index is 0.0304. The van der Waals surface area contributed by atoms with Gasteiger partial charge in [-0.25, -0.2) is 0 Å². The fourth-order valence-corrected chi connectivity index (χ4v) is 2.04. The molecule has 0 bridgehead atoms. The van der Waals surface area contributed by atoms with E-state index in [1.54, 1.807) is 31.4 Å². The van der Waals surface area contributed by atoms with Gasteiger partial charge in [-0.05, 0) is 48.9 Å². The van der Waals surface area contributed by atoms with E-state index < -0.39 is 0 Å². The maximum atomic E-state index is 12.2. The third-order valence-electron chi connectivity index (χ3n) is 3.13. The number of carbonyl (C=O) groups excluding carboxylic acids is 1. The number of benzene rings is 2. The SMILES string of the molecule is C=C(CC(=O)c1ccc(OC)cc1)Nc1cccc(C)c1. The number of anilines is 1. The number of aryl methyl sites for hydroxylation is 1. The Bertz CT molecular complexity index is 645. The molecule has 0 saturated heterocycles. The van der Waals surface area contributed by atoms with Crippen LogP contribution in [-0.4, -0.2) is 12.9 Å². The number of ether oxygens (including phenoxy) is 1. The number of ketones is 1. The van der Waals surface area contributed by atoms with E-state index in [0.29, 0.717) is 11.3 Å². The first-order valence-electron chi connectivity index (χ1n) is 6.77. The van der Waals surface area contributed by atoms with Crippen molar-refractivity contribution in [3.05, 3.63) is 71.9 Å². The molecule has 0 saturated carbocycles. The number of hydrogen-bond acceptors (Lipinski definition) is 3. The molecule has 0 amide bonds. The van der Waals surface area contributed by atoms with Crippen LogP contribution in [0.5, 0.6) is 5.75 Å². The first-order chi connectivity index (χ1) is 10.1. The Morgan fingerprint density at radius 1 is 1.19 bits per heavy atom. The van der Waals surface area contributed by atoms with Crippen LogP contribution in [0.4, 0.5) is 5.69 Å². The van der Waals surface area contributed by atoms with Crippen molar-refractivity contribution in [3.8, 4) is 5.75 Å². The van der Waals surface area contributed by atoms with Gasteiger partial charge in [-0.2, -0.15) is 0 Å². The lowest BCUT2D eigenvalue weighted by atomic mass is 10.1. The summed E-state index contributed by atoms with van der Waals surface area (Å²) in [6, 6.07) is 15.1. The summed E-state index contributed by atoms with van der Waals surface area (Å²) in [5, 5.41) is 3.17. The lowest BCUT2D eigenvalue weighted by molar-refractivity contribution is 0.0993. The molecule has 2 rings (SSSR count). The number of methoxy groups -OCH3 is 1. The predicted octanol–water partition coefficient (Wildman–Crippen LogP) is 4.20. The summed E-state index contributed by atoms with van der Waals surface area (Å²) in [5.74, 6) is 0.770. The molecule has 0 fully saturated rings. The van der Waals surface area contributed by atoms with E-state index in [2.05, 4.69) is 11.9 Å². The van der Waals surface area contributed by atoms with Crippen molar-refractivity contribution in [2.75, 3.05) is 12.4 Å². The Morgan fingerprint density at radius 3 is 2.52 bits per heavy atom. The van der Waals surface area contributed by atoms with Crippen LogP contribution in [0.2, 0.25) is 0 Å². The third kappa shape index (κ3) is 4.21. The highest BCUT2D eigenvalue weighted by Gasteiger charge is 2.08. The molecule has 0 spiro atoms. The summed E-state index contributed by atoms with van der Waals surface area (Å²) in [5.41, 5.74) is 3.45. The van der Waals surface area contributed by atoms with E-state index in [0.717, 1.165) is 17.0 Å². The second-order valence-corrected chi connectivity index (χ2v) is 4.93. The summed E-state index contributed by atoms with van der Waals surface area (Å²) in [6.07, 6.45) is 0.264. The standard InChI is InChI=1S/C18H19NO2/c1-13-5-4-6-16(11-13)19-14(2)12-18(20)15-7-9-17(21-3)10-8-15/h4-11,19H,2,12H2,1,3H3. The van der Waals surface area contributed by atoms with E-state index in [-0.39, 0.29) is 12.2 Å². The van der Waals surface area contributed by atoms with Gasteiger partial charge < -0.3 is 10.1 Å². The zero-order chi connectivity index (χ0) is 15.2. The molecule has 108 valence electrons. The Balaban J connectivity index is 1.96. The van der Waals surface area contributed by atoms with Crippen LogP contribution in [0.3, 0.4) is 0 Å². The molecule has 3 heteroatoms. The minimum absolute atomic E-state index is 0.0304. The Kier molecular flexibility index (Phi) is 4.77. The molecule has 0 aliphatic carbocycles.